The summed E-state index contributed by atoms with van der Waals surface area (Å²) in [6, 6.07) is 0. The number of carboxylic acid groups (broad SMARTS) is 1. The molecule has 1 aromatic heterocycles. The van der Waals surface area contributed by atoms with E-state index in [0.29, 0.717) is 11.5 Å². The van der Waals surface area contributed by atoms with Gasteiger partial charge >= 0.3 is 0 Å². The molecule has 15 heavy (non-hydrogen) atoms. The van der Waals surface area contributed by atoms with Crippen LogP contribution in [0.1, 0.15) is 17.4 Å². The third kappa shape index (κ3) is 2.95. The maximum Gasteiger partial charge on any atom is 0.300 e. The van der Waals surface area contributed by atoms with E-state index in [2.05, 4.69) is 20.6 Å². The van der Waals surface area contributed by atoms with Crippen LogP contribution in [0.5, 0.6) is 0 Å². The number of aromatic nitrogens is 2. The van der Waals surface area contributed by atoms with Gasteiger partial charge in [-0.25, -0.2) is 4.98 Å². The lowest BCUT2D eigenvalue weighted by molar-refractivity contribution is -0.134. The summed E-state index contributed by atoms with van der Waals surface area (Å²) in [6.45, 7) is 1.08. The van der Waals surface area contributed by atoms with Gasteiger partial charge in [-0.2, -0.15) is 0 Å². The maximum atomic E-state index is 11.1. The minimum atomic E-state index is -0.833. The van der Waals surface area contributed by atoms with Gasteiger partial charge in [0.05, 0.1) is 6.33 Å². The second-order valence-corrected chi connectivity index (χ2v) is 2.74. The minimum absolute atomic E-state index is 0.233. The lowest BCUT2D eigenvalue weighted by atomic mass is 10.3. The molecule has 6 N–H and O–H groups in total. The Bertz CT molecular complexity index is 370. The minimum Gasteiger partial charge on any atom is -0.481 e. The number of carboxylic acids is 1. The second kappa shape index (κ2) is 4.42. The normalized spacial score (nSPS) is 17.7. The van der Waals surface area contributed by atoms with Gasteiger partial charge < -0.3 is 20.7 Å². The van der Waals surface area contributed by atoms with Crippen molar-refractivity contribution in [3.05, 3.63) is 12.0 Å². The molecule has 0 fully saturated rings. The molecule has 2 rings (SSSR count). The van der Waals surface area contributed by atoms with Crippen LogP contribution >= 0.6 is 0 Å². The summed E-state index contributed by atoms with van der Waals surface area (Å²) in [6.07, 6.45) is 0.897. The van der Waals surface area contributed by atoms with Crippen molar-refractivity contribution in [2.75, 3.05) is 5.32 Å². The zero-order valence-electron chi connectivity index (χ0n) is 7.94. The van der Waals surface area contributed by atoms with E-state index in [1.165, 1.54) is 6.33 Å². The van der Waals surface area contributed by atoms with E-state index in [1.54, 1.807) is 0 Å². The molecule has 1 aromatic rings. The van der Waals surface area contributed by atoms with Gasteiger partial charge in [-0.3, -0.25) is 15.3 Å². The Morgan fingerprint density at radius 3 is 2.80 bits per heavy atom. The quantitative estimate of drug-likeness (QED) is 0.371. The molecular formula is C7H11N5O3. The smallest absolute Gasteiger partial charge is 0.300 e. The van der Waals surface area contributed by atoms with E-state index in [1.807, 2.05) is 0 Å². The first-order valence-electron chi connectivity index (χ1n) is 4.06. The molecule has 1 amide bonds. The molecule has 0 bridgehead atoms. The van der Waals surface area contributed by atoms with Crippen molar-refractivity contribution in [2.24, 2.45) is 5.73 Å². The molecule has 1 aliphatic rings. The van der Waals surface area contributed by atoms with Crippen LogP contribution in [-0.4, -0.2) is 33.2 Å². The molecule has 0 spiro atoms. The zero-order valence-corrected chi connectivity index (χ0v) is 7.94. The molecule has 0 aromatic carbocycles. The monoisotopic (exact) mass is 213 g/mol. The average Bonchev–Trinajstić information content (AvgIpc) is 2.50. The number of nitrogens with two attached hydrogens (primary N) is 1. The van der Waals surface area contributed by atoms with Gasteiger partial charge in [0.25, 0.3) is 11.9 Å². The van der Waals surface area contributed by atoms with Crippen molar-refractivity contribution in [2.45, 2.75) is 13.2 Å². The number of carbonyl (C=O) groups is 2. The number of nitrogens with zero attached hydrogens (tertiary/aromatic N) is 1. The summed E-state index contributed by atoms with van der Waals surface area (Å²) in [5.41, 5.74) is 5.83. The van der Waals surface area contributed by atoms with Crippen LogP contribution in [0.25, 0.3) is 0 Å². The molecule has 0 saturated carbocycles. The van der Waals surface area contributed by atoms with Crippen LogP contribution in [0.3, 0.4) is 0 Å². The van der Waals surface area contributed by atoms with Crippen LogP contribution in [-0.2, 0) is 4.79 Å². The Hall–Kier alpha value is -2.09. The highest BCUT2D eigenvalue weighted by Gasteiger charge is 2.22. The molecule has 1 aliphatic heterocycles. The molecule has 82 valence electrons. The molecule has 0 saturated heterocycles. The predicted molar refractivity (Wildman–Crippen MR) is 51.0 cm³/mol. The van der Waals surface area contributed by atoms with Gasteiger partial charge in [0, 0.05) is 6.92 Å². The Morgan fingerprint density at radius 1 is 1.60 bits per heavy atom. The molecule has 1 unspecified atom stereocenters. The standard InChI is InChI=1S/C5H7N5O.C2H4O2/c6-5-9-3-2(4(11)10-5)7-1-8-3;1-2(3)4/h1,5,9H,6H2,(H,7,8)(H,10,11);1H3,(H,3,4). The van der Waals surface area contributed by atoms with Crippen LogP contribution in [0, 0.1) is 0 Å². The van der Waals surface area contributed by atoms with Gasteiger partial charge in [0.15, 0.2) is 12.1 Å². The third-order valence-electron chi connectivity index (χ3n) is 1.45. The second-order valence-electron chi connectivity index (χ2n) is 2.74. The first kappa shape index (κ1) is 11.0. The summed E-state index contributed by atoms with van der Waals surface area (Å²) in [5, 5.41) is 12.7. The fourth-order valence-electron chi connectivity index (χ4n) is 0.974. The first-order valence-corrected chi connectivity index (χ1v) is 4.06. The Kier molecular flexibility index (Phi) is 3.24. The van der Waals surface area contributed by atoms with E-state index in [0.717, 1.165) is 6.92 Å². The summed E-state index contributed by atoms with van der Waals surface area (Å²) in [4.78, 5) is 26.6. The van der Waals surface area contributed by atoms with E-state index < -0.39 is 12.3 Å². The van der Waals surface area contributed by atoms with Crippen LogP contribution in [0.4, 0.5) is 5.82 Å². The van der Waals surface area contributed by atoms with Gasteiger partial charge in [-0.1, -0.05) is 0 Å². The number of aliphatic carboxylic acids is 1. The number of carbonyl (C=O) groups excluding carboxylic acids is 1. The van der Waals surface area contributed by atoms with Crippen molar-refractivity contribution >= 4 is 17.7 Å². The molecule has 8 heteroatoms. The third-order valence-corrected chi connectivity index (χ3v) is 1.45. The lowest BCUT2D eigenvalue weighted by Crippen LogP contribution is -2.50. The lowest BCUT2D eigenvalue weighted by Gasteiger charge is -2.20. The van der Waals surface area contributed by atoms with E-state index in [4.69, 9.17) is 15.6 Å². The van der Waals surface area contributed by atoms with Gasteiger partial charge in [0.2, 0.25) is 0 Å². The Labute approximate surface area is 84.9 Å². The number of imidazole rings is 1. The van der Waals surface area contributed by atoms with Crippen molar-refractivity contribution in [3.8, 4) is 0 Å². The van der Waals surface area contributed by atoms with Gasteiger partial charge in [0.1, 0.15) is 5.69 Å². The molecule has 0 radical (unpaired) electrons. The van der Waals surface area contributed by atoms with Crippen molar-refractivity contribution in [1.29, 1.82) is 0 Å². The molecule has 2 heterocycles. The van der Waals surface area contributed by atoms with Crippen molar-refractivity contribution in [3.63, 3.8) is 0 Å². The highest BCUT2D eigenvalue weighted by Crippen LogP contribution is 2.12. The van der Waals surface area contributed by atoms with E-state index >= 15 is 0 Å². The largest absolute Gasteiger partial charge is 0.481 e. The number of nitrogens with one attached hydrogen (secondary N) is 3. The summed E-state index contributed by atoms with van der Waals surface area (Å²) < 4.78 is 0. The Morgan fingerprint density at radius 2 is 2.20 bits per heavy atom. The Balaban J connectivity index is 0.000000245. The number of hydrogen-bond acceptors (Lipinski definition) is 5. The first-order chi connectivity index (χ1) is 7.00. The average molecular weight is 213 g/mol. The van der Waals surface area contributed by atoms with Crippen molar-refractivity contribution < 1.29 is 14.7 Å². The zero-order chi connectivity index (χ0) is 11.4. The molecular weight excluding hydrogens is 202 g/mol. The molecule has 1 atom stereocenters. The number of amides is 1. The summed E-state index contributed by atoms with van der Waals surface area (Å²) in [5.74, 6) is -0.565. The summed E-state index contributed by atoms with van der Waals surface area (Å²) >= 11 is 0. The van der Waals surface area contributed by atoms with Crippen LogP contribution in [0.15, 0.2) is 6.33 Å². The van der Waals surface area contributed by atoms with E-state index in [-0.39, 0.29) is 5.91 Å². The van der Waals surface area contributed by atoms with Crippen molar-refractivity contribution in [1.82, 2.24) is 15.3 Å². The molecule has 0 aliphatic carbocycles. The van der Waals surface area contributed by atoms with Gasteiger partial charge in [-0.05, 0) is 0 Å². The van der Waals surface area contributed by atoms with E-state index in [9.17, 15) is 4.79 Å². The maximum absolute atomic E-state index is 11.1. The number of aromatic amines is 1. The molecule has 8 nitrogen and oxygen atoms in total. The fraction of sp³-hybridized carbons (Fsp3) is 0.286. The van der Waals surface area contributed by atoms with Crippen LogP contribution in [0.2, 0.25) is 0 Å². The number of rotatable bonds is 0. The van der Waals surface area contributed by atoms with Gasteiger partial charge in [-0.15, -0.1) is 0 Å². The number of fused-ring (bicyclic) bond motifs is 1. The number of H-pyrrole nitrogens is 1. The highest BCUT2D eigenvalue weighted by atomic mass is 16.4. The topological polar surface area (TPSA) is 133 Å². The number of anilines is 1. The summed E-state index contributed by atoms with van der Waals surface area (Å²) in [7, 11) is 0. The van der Waals surface area contributed by atoms with Crippen LogP contribution < -0.4 is 16.4 Å². The highest BCUT2D eigenvalue weighted by molar-refractivity contribution is 5.98. The predicted octanol–water partition coefficient (Wildman–Crippen LogP) is -1.10. The fourth-order valence-corrected chi connectivity index (χ4v) is 0.974. The number of hydrogen-bond donors (Lipinski definition) is 5. The SMILES string of the molecule is CC(=O)O.NC1NC(=O)c2[nH]cnc2N1.